The van der Waals surface area contributed by atoms with Gasteiger partial charge in [0.1, 0.15) is 11.9 Å². The van der Waals surface area contributed by atoms with Crippen molar-refractivity contribution in [3.05, 3.63) is 35.0 Å². The Morgan fingerprint density at radius 1 is 1.42 bits per heavy atom. The van der Waals surface area contributed by atoms with E-state index < -0.39 is 6.10 Å². The molecule has 2 atom stereocenters. The minimum atomic E-state index is -0.698. The van der Waals surface area contributed by atoms with Gasteiger partial charge in [-0.1, -0.05) is 30.7 Å². The van der Waals surface area contributed by atoms with E-state index in [1.165, 1.54) is 0 Å². The molecule has 104 valence electrons. The maximum atomic E-state index is 10.6. The fourth-order valence-electron chi connectivity index (χ4n) is 2.24. The number of halogens is 1. The summed E-state index contributed by atoms with van der Waals surface area (Å²) in [6, 6.07) is 7.46. The zero-order valence-corrected chi connectivity index (χ0v) is 12.5. The molecule has 0 aliphatic carbocycles. The number of benzene rings is 1. The standard InChI is InChI=1S/C15H20ClNO2/c1-5-15(2,17(3)4)14(18)12-9-10-7-6-8-11(16)13(10)19-12/h6-9,14,18H,5H2,1-4H3. The predicted octanol–water partition coefficient (Wildman–Crippen LogP) is 3.85. The fraction of sp³-hybridized carbons (Fsp3) is 0.467. The van der Waals surface area contributed by atoms with Crippen molar-refractivity contribution < 1.29 is 9.52 Å². The molecule has 0 bridgehead atoms. The van der Waals surface area contributed by atoms with Gasteiger partial charge >= 0.3 is 0 Å². The minimum absolute atomic E-state index is 0.375. The van der Waals surface area contributed by atoms with Crippen LogP contribution in [0.15, 0.2) is 28.7 Å². The van der Waals surface area contributed by atoms with Gasteiger partial charge in [0.05, 0.1) is 10.6 Å². The fourth-order valence-corrected chi connectivity index (χ4v) is 2.46. The van der Waals surface area contributed by atoms with Gasteiger partial charge < -0.3 is 14.4 Å². The van der Waals surface area contributed by atoms with Crippen LogP contribution in [0.1, 0.15) is 32.1 Å². The highest BCUT2D eigenvalue weighted by Gasteiger charge is 2.36. The van der Waals surface area contributed by atoms with Crippen LogP contribution < -0.4 is 0 Å². The molecular formula is C15H20ClNO2. The third-order valence-corrected chi connectivity index (χ3v) is 4.41. The highest BCUT2D eigenvalue weighted by molar-refractivity contribution is 6.34. The molecule has 4 heteroatoms. The van der Waals surface area contributed by atoms with Gasteiger partial charge in [-0.05, 0) is 39.6 Å². The maximum Gasteiger partial charge on any atom is 0.152 e. The zero-order chi connectivity index (χ0) is 14.2. The lowest BCUT2D eigenvalue weighted by atomic mass is 9.88. The normalized spacial score (nSPS) is 16.8. The molecule has 0 fully saturated rings. The average Bonchev–Trinajstić information content (AvgIpc) is 2.82. The van der Waals surface area contributed by atoms with Gasteiger partial charge in [-0.3, -0.25) is 0 Å². The number of likely N-dealkylation sites (N-methyl/N-ethyl adjacent to an activating group) is 1. The molecule has 0 saturated carbocycles. The number of aliphatic hydroxyl groups excluding tert-OH is 1. The van der Waals surface area contributed by atoms with Crippen LogP contribution in [0.3, 0.4) is 0 Å². The minimum Gasteiger partial charge on any atom is -0.457 e. The summed E-state index contributed by atoms with van der Waals surface area (Å²) in [4.78, 5) is 2.02. The van der Waals surface area contributed by atoms with Crippen molar-refractivity contribution >= 4 is 22.6 Å². The van der Waals surface area contributed by atoms with E-state index in [9.17, 15) is 5.11 Å². The number of rotatable bonds is 4. The van der Waals surface area contributed by atoms with Crippen molar-refractivity contribution in [2.75, 3.05) is 14.1 Å². The van der Waals surface area contributed by atoms with Crippen molar-refractivity contribution in [1.82, 2.24) is 4.90 Å². The Balaban J connectivity index is 2.47. The lowest BCUT2D eigenvalue weighted by molar-refractivity contribution is -0.0110. The van der Waals surface area contributed by atoms with E-state index in [1.54, 1.807) is 6.07 Å². The molecule has 0 aliphatic heterocycles. The molecule has 2 unspecified atom stereocenters. The topological polar surface area (TPSA) is 36.6 Å². The largest absolute Gasteiger partial charge is 0.457 e. The molecule has 0 radical (unpaired) electrons. The molecule has 2 aromatic rings. The number of furan rings is 1. The van der Waals surface area contributed by atoms with Crippen LogP contribution in [0, 0.1) is 0 Å². The monoisotopic (exact) mass is 281 g/mol. The first-order valence-electron chi connectivity index (χ1n) is 6.43. The second-order valence-electron chi connectivity index (χ2n) is 5.31. The summed E-state index contributed by atoms with van der Waals surface area (Å²) < 4.78 is 5.75. The van der Waals surface area contributed by atoms with E-state index in [-0.39, 0.29) is 5.54 Å². The van der Waals surface area contributed by atoms with Crippen LogP contribution >= 0.6 is 11.6 Å². The van der Waals surface area contributed by atoms with Crippen LogP contribution in [0.5, 0.6) is 0 Å². The van der Waals surface area contributed by atoms with Gasteiger partial charge in [0.2, 0.25) is 0 Å². The first-order valence-corrected chi connectivity index (χ1v) is 6.81. The maximum absolute atomic E-state index is 10.6. The SMILES string of the molecule is CCC(C)(C(O)c1cc2cccc(Cl)c2o1)N(C)C. The van der Waals surface area contributed by atoms with Crippen molar-refractivity contribution in [1.29, 1.82) is 0 Å². The van der Waals surface area contributed by atoms with Gasteiger partial charge in [-0.25, -0.2) is 0 Å². The van der Waals surface area contributed by atoms with Crippen LogP contribution in [-0.4, -0.2) is 29.6 Å². The third-order valence-electron chi connectivity index (χ3n) is 4.11. The summed E-state index contributed by atoms with van der Waals surface area (Å²) >= 11 is 6.10. The van der Waals surface area contributed by atoms with Crippen LogP contribution in [0.4, 0.5) is 0 Å². The Hall–Kier alpha value is -1.03. The number of hydrogen-bond acceptors (Lipinski definition) is 3. The molecule has 1 aromatic carbocycles. The quantitative estimate of drug-likeness (QED) is 0.925. The first-order chi connectivity index (χ1) is 8.90. The summed E-state index contributed by atoms with van der Waals surface area (Å²) in [5.74, 6) is 0.557. The molecule has 2 rings (SSSR count). The van der Waals surface area contributed by atoms with Crippen LogP contribution in [0.25, 0.3) is 11.0 Å². The zero-order valence-electron chi connectivity index (χ0n) is 11.8. The number of aliphatic hydroxyl groups is 1. The molecule has 0 saturated heterocycles. The molecule has 1 aromatic heterocycles. The smallest absolute Gasteiger partial charge is 0.152 e. The molecule has 1 heterocycles. The van der Waals surface area contributed by atoms with Crippen molar-refractivity contribution in [3.63, 3.8) is 0 Å². The molecule has 19 heavy (non-hydrogen) atoms. The number of para-hydroxylation sites is 1. The Kier molecular flexibility index (Phi) is 3.90. The highest BCUT2D eigenvalue weighted by atomic mass is 35.5. The molecule has 1 N–H and O–H groups in total. The van der Waals surface area contributed by atoms with Gasteiger partial charge in [0, 0.05) is 5.39 Å². The van der Waals surface area contributed by atoms with Crippen molar-refractivity contribution in [2.24, 2.45) is 0 Å². The van der Waals surface area contributed by atoms with E-state index in [1.807, 2.05) is 44.1 Å². The van der Waals surface area contributed by atoms with Gasteiger partial charge in [0.15, 0.2) is 5.58 Å². The second-order valence-corrected chi connectivity index (χ2v) is 5.72. The Bertz CT molecular complexity index is 579. The number of nitrogens with zero attached hydrogens (tertiary/aromatic N) is 1. The molecule has 0 amide bonds. The third kappa shape index (κ3) is 2.38. The summed E-state index contributed by atoms with van der Waals surface area (Å²) in [5, 5.41) is 12.1. The Labute approximate surface area is 118 Å². The molecule has 3 nitrogen and oxygen atoms in total. The first kappa shape index (κ1) is 14.4. The van der Waals surface area contributed by atoms with Crippen LogP contribution in [0.2, 0.25) is 5.02 Å². The average molecular weight is 282 g/mol. The molecule has 0 aliphatic rings. The highest BCUT2D eigenvalue weighted by Crippen LogP contribution is 2.36. The lowest BCUT2D eigenvalue weighted by Gasteiger charge is -2.38. The van der Waals surface area contributed by atoms with Gasteiger partial charge in [-0.2, -0.15) is 0 Å². The van der Waals surface area contributed by atoms with E-state index in [4.69, 9.17) is 16.0 Å². The van der Waals surface area contributed by atoms with E-state index in [0.717, 1.165) is 11.8 Å². The van der Waals surface area contributed by atoms with E-state index in [2.05, 4.69) is 6.92 Å². The number of fused-ring (bicyclic) bond motifs is 1. The Morgan fingerprint density at radius 2 is 2.11 bits per heavy atom. The van der Waals surface area contributed by atoms with Gasteiger partial charge in [-0.15, -0.1) is 0 Å². The summed E-state index contributed by atoms with van der Waals surface area (Å²) in [5.41, 5.74) is 0.260. The van der Waals surface area contributed by atoms with Gasteiger partial charge in [0.25, 0.3) is 0 Å². The summed E-state index contributed by atoms with van der Waals surface area (Å²) in [6.07, 6.45) is 0.113. The number of hydrogen-bond donors (Lipinski definition) is 1. The Morgan fingerprint density at radius 3 is 2.63 bits per heavy atom. The predicted molar refractivity (Wildman–Crippen MR) is 78.6 cm³/mol. The van der Waals surface area contributed by atoms with E-state index in [0.29, 0.717) is 16.4 Å². The van der Waals surface area contributed by atoms with Crippen LogP contribution in [-0.2, 0) is 0 Å². The lowest BCUT2D eigenvalue weighted by Crippen LogP contribution is -2.46. The van der Waals surface area contributed by atoms with Crippen molar-refractivity contribution in [3.8, 4) is 0 Å². The summed E-state index contributed by atoms with van der Waals surface area (Å²) in [6.45, 7) is 4.07. The molecular weight excluding hydrogens is 262 g/mol. The van der Waals surface area contributed by atoms with Crippen molar-refractivity contribution in [2.45, 2.75) is 31.9 Å². The second kappa shape index (κ2) is 5.16. The van der Waals surface area contributed by atoms with E-state index >= 15 is 0 Å². The molecule has 0 spiro atoms. The summed E-state index contributed by atoms with van der Waals surface area (Å²) in [7, 11) is 3.92.